The van der Waals surface area contributed by atoms with Crippen molar-refractivity contribution >= 4 is 40.9 Å². The van der Waals surface area contributed by atoms with Crippen LogP contribution in [0.3, 0.4) is 0 Å². The Morgan fingerprint density at radius 2 is 1.62 bits per heavy atom. The molecule has 1 aliphatic rings. The fourth-order valence-corrected chi connectivity index (χ4v) is 3.44. The highest BCUT2D eigenvalue weighted by atomic mass is 32.1. The van der Waals surface area contributed by atoms with Crippen molar-refractivity contribution in [3.8, 4) is 5.75 Å². The number of hydrogen-bond acceptors (Lipinski definition) is 4. The van der Waals surface area contributed by atoms with Crippen LogP contribution in [0, 0.1) is 12.7 Å². The molecule has 5 nitrogen and oxygen atoms in total. The van der Waals surface area contributed by atoms with Crippen molar-refractivity contribution in [2.45, 2.75) is 13.5 Å². The maximum absolute atomic E-state index is 13.0. The van der Waals surface area contributed by atoms with Crippen LogP contribution in [0.1, 0.15) is 16.7 Å². The molecule has 0 saturated carbocycles. The van der Waals surface area contributed by atoms with Crippen molar-refractivity contribution in [2.24, 2.45) is 0 Å². The minimum absolute atomic E-state index is 0.0147. The minimum Gasteiger partial charge on any atom is -0.489 e. The Hall–Kier alpha value is -3.84. The van der Waals surface area contributed by atoms with Crippen LogP contribution in [0.2, 0.25) is 0 Å². The average Bonchev–Trinajstić information content (AvgIpc) is 2.78. The zero-order valence-corrected chi connectivity index (χ0v) is 18.0. The van der Waals surface area contributed by atoms with Crippen LogP contribution in [-0.4, -0.2) is 16.9 Å². The molecule has 1 fully saturated rings. The summed E-state index contributed by atoms with van der Waals surface area (Å²) in [4.78, 5) is 26.8. The molecule has 1 N–H and O–H groups in total. The summed E-state index contributed by atoms with van der Waals surface area (Å²) in [7, 11) is 0. The first-order valence-electron chi connectivity index (χ1n) is 9.86. The van der Waals surface area contributed by atoms with Gasteiger partial charge in [-0.2, -0.15) is 0 Å². The van der Waals surface area contributed by atoms with Gasteiger partial charge in [-0.05, 0) is 72.7 Å². The number of nitrogens with one attached hydrogen (secondary N) is 1. The third kappa shape index (κ3) is 4.73. The standard InChI is InChI=1S/C25H19FN2O3S/c1-16-2-10-20(11-3-16)28-24(30)22(23(29)27-25(28)32)14-17-6-12-21(13-7-17)31-15-18-4-8-19(26)9-5-18/h2-14H,15H2,1H3,(H,27,29,32). The van der Waals surface area contributed by atoms with E-state index >= 15 is 0 Å². The lowest BCUT2D eigenvalue weighted by atomic mass is 10.1. The number of thiocarbonyl (C=S) groups is 1. The number of carbonyl (C=O) groups excluding carboxylic acids is 2. The van der Waals surface area contributed by atoms with Gasteiger partial charge in [0.1, 0.15) is 23.7 Å². The monoisotopic (exact) mass is 446 g/mol. The predicted octanol–water partition coefficient (Wildman–Crippen LogP) is 4.54. The van der Waals surface area contributed by atoms with Gasteiger partial charge in [0.25, 0.3) is 11.8 Å². The summed E-state index contributed by atoms with van der Waals surface area (Å²) in [5, 5.41) is 2.62. The summed E-state index contributed by atoms with van der Waals surface area (Å²) in [6.45, 7) is 2.24. The molecular formula is C25H19FN2O3S. The molecule has 2 amide bonds. The first kappa shape index (κ1) is 21.4. The topological polar surface area (TPSA) is 58.6 Å². The second kappa shape index (κ2) is 9.11. The van der Waals surface area contributed by atoms with E-state index in [-0.39, 0.29) is 16.5 Å². The zero-order valence-electron chi connectivity index (χ0n) is 17.2. The number of aryl methyl sites for hydroxylation is 1. The Labute approximate surface area is 190 Å². The molecule has 0 aliphatic carbocycles. The number of nitrogens with zero attached hydrogens (tertiary/aromatic N) is 1. The molecule has 0 spiro atoms. The van der Waals surface area contributed by atoms with E-state index in [1.54, 1.807) is 48.5 Å². The fourth-order valence-electron chi connectivity index (χ4n) is 3.16. The molecule has 0 aromatic heterocycles. The van der Waals surface area contributed by atoms with E-state index in [1.807, 2.05) is 19.1 Å². The van der Waals surface area contributed by atoms with Gasteiger partial charge >= 0.3 is 0 Å². The van der Waals surface area contributed by atoms with Gasteiger partial charge in [-0.1, -0.05) is 42.0 Å². The van der Waals surface area contributed by atoms with E-state index in [9.17, 15) is 14.0 Å². The first-order chi connectivity index (χ1) is 15.4. The average molecular weight is 447 g/mol. The van der Waals surface area contributed by atoms with Gasteiger partial charge in [0.15, 0.2) is 5.11 Å². The van der Waals surface area contributed by atoms with Crippen molar-refractivity contribution in [3.05, 3.63) is 101 Å². The molecule has 7 heteroatoms. The predicted molar refractivity (Wildman–Crippen MR) is 125 cm³/mol. The molecule has 1 aliphatic heterocycles. The molecule has 3 aromatic rings. The van der Waals surface area contributed by atoms with E-state index in [1.165, 1.54) is 23.1 Å². The highest BCUT2D eigenvalue weighted by molar-refractivity contribution is 7.80. The molecule has 1 saturated heterocycles. The summed E-state index contributed by atoms with van der Waals surface area (Å²) in [5.74, 6) is -0.716. The summed E-state index contributed by atoms with van der Waals surface area (Å²) >= 11 is 5.22. The maximum Gasteiger partial charge on any atom is 0.270 e. The van der Waals surface area contributed by atoms with Crippen LogP contribution >= 0.6 is 12.2 Å². The van der Waals surface area contributed by atoms with Gasteiger partial charge in [0, 0.05) is 0 Å². The summed E-state index contributed by atoms with van der Waals surface area (Å²) in [6.07, 6.45) is 1.52. The molecule has 0 atom stereocenters. The third-order valence-corrected chi connectivity index (χ3v) is 5.19. The highest BCUT2D eigenvalue weighted by Gasteiger charge is 2.34. The number of ether oxygens (including phenoxy) is 1. The fraction of sp³-hybridized carbons (Fsp3) is 0.0800. The number of halogens is 1. The number of rotatable bonds is 5. The molecule has 4 rings (SSSR count). The zero-order chi connectivity index (χ0) is 22.7. The van der Waals surface area contributed by atoms with Crippen molar-refractivity contribution in [3.63, 3.8) is 0 Å². The number of hydrogen-bond donors (Lipinski definition) is 1. The second-order valence-electron chi connectivity index (χ2n) is 7.28. The Kier molecular flexibility index (Phi) is 6.09. The molecule has 3 aromatic carbocycles. The number of benzene rings is 3. The third-order valence-electron chi connectivity index (χ3n) is 4.90. The molecule has 0 radical (unpaired) electrons. The Morgan fingerprint density at radius 3 is 2.28 bits per heavy atom. The summed E-state index contributed by atoms with van der Waals surface area (Å²) in [6, 6.07) is 20.4. The van der Waals surface area contributed by atoms with Crippen molar-refractivity contribution < 1.29 is 18.7 Å². The number of anilines is 1. The molecule has 0 unspecified atom stereocenters. The van der Waals surface area contributed by atoms with Crippen molar-refractivity contribution in [1.82, 2.24) is 5.32 Å². The Bertz CT molecular complexity index is 1200. The normalized spacial score (nSPS) is 15.1. The van der Waals surface area contributed by atoms with Gasteiger partial charge in [-0.3, -0.25) is 19.8 Å². The Morgan fingerprint density at radius 1 is 0.969 bits per heavy atom. The van der Waals surface area contributed by atoms with Crippen LogP contribution in [0.15, 0.2) is 78.4 Å². The highest BCUT2D eigenvalue weighted by Crippen LogP contribution is 2.23. The van der Waals surface area contributed by atoms with E-state index in [0.717, 1.165) is 11.1 Å². The second-order valence-corrected chi connectivity index (χ2v) is 7.66. The van der Waals surface area contributed by atoms with Crippen LogP contribution in [0.25, 0.3) is 6.08 Å². The van der Waals surface area contributed by atoms with Crippen LogP contribution < -0.4 is 15.0 Å². The first-order valence-corrected chi connectivity index (χ1v) is 10.3. The lowest BCUT2D eigenvalue weighted by molar-refractivity contribution is -0.122. The van der Waals surface area contributed by atoms with Crippen molar-refractivity contribution in [1.29, 1.82) is 0 Å². The molecular weight excluding hydrogens is 427 g/mol. The molecule has 160 valence electrons. The smallest absolute Gasteiger partial charge is 0.270 e. The van der Waals surface area contributed by atoms with Crippen LogP contribution in [-0.2, 0) is 16.2 Å². The number of carbonyl (C=O) groups is 2. The minimum atomic E-state index is -0.542. The lowest BCUT2D eigenvalue weighted by Gasteiger charge is -2.29. The maximum atomic E-state index is 13.0. The molecule has 1 heterocycles. The van der Waals surface area contributed by atoms with E-state index in [2.05, 4.69) is 5.32 Å². The van der Waals surface area contributed by atoms with E-state index < -0.39 is 11.8 Å². The van der Waals surface area contributed by atoms with E-state index in [0.29, 0.717) is 23.6 Å². The summed E-state index contributed by atoms with van der Waals surface area (Å²) in [5.41, 5.74) is 3.12. The van der Waals surface area contributed by atoms with Gasteiger partial charge in [0.2, 0.25) is 0 Å². The molecule has 0 bridgehead atoms. The summed E-state index contributed by atoms with van der Waals surface area (Å²) < 4.78 is 18.7. The van der Waals surface area contributed by atoms with Gasteiger partial charge in [-0.25, -0.2) is 4.39 Å². The van der Waals surface area contributed by atoms with Crippen molar-refractivity contribution in [2.75, 3.05) is 4.90 Å². The van der Waals surface area contributed by atoms with E-state index in [4.69, 9.17) is 17.0 Å². The van der Waals surface area contributed by atoms with Gasteiger partial charge in [-0.15, -0.1) is 0 Å². The number of amides is 2. The molecule has 32 heavy (non-hydrogen) atoms. The van der Waals surface area contributed by atoms with Gasteiger partial charge < -0.3 is 4.74 Å². The quantitative estimate of drug-likeness (QED) is 0.355. The van der Waals surface area contributed by atoms with Gasteiger partial charge in [0.05, 0.1) is 5.69 Å². The lowest BCUT2D eigenvalue weighted by Crippen LogP contribution is -2.54. The van der Waals surface area contributed by atoms with Crippen LogP contribution in [0.5, 0.6) is 5.75 Å². The van der Waals surface area contributed by atoms with Crippen LogP contribution in [0.4, 0.5) is 10.1 Å². The largest absolute Gasteiger partial charge is 0.489 e. The SMILES string of the molecule is Cc1ccc(N2C(=O)C(=Cc3ccc(OCc4ccc(F)cc4)cc3)C(=O)NC2=S)cc1. The Balaban J connectivity index is 1.50.